The Bertz CT molecular complexity index is 1550. The van der Waals surface area contributed by atoms with Gasteiger partial charge in [-0.05, 0) is 30.7 Å². The molecule has 34 heavy (non-hydrogen) atoms. The van der Waals surface area contributed by atoms with Crippen LogP contribution in [-0.4, -0.2) is 41.6 Å². The highest BCUT2D eigenvalue weighted by Gasteiger charge is 2.18. The van der Waals surface area contributed by atoms with Gasteiger partial charge in [-0.2, -0.15) is 5.10 Å². The predicted octanol–water partition coefficient (Wildman–Crippen LogP) is 3.26. The molecule has 5 rings (SSSR count). The van der Waals surface area contributed by atoms with Gasteiger partial charge in [0.2, 0.25) is 0 Å². The number of rotatable bonds is 6. The van der Waals surface area contributed by atoms with Crippen LogP contribution in [0.3, 0.4) is 0 Å². The molecule has 0 spiro atoms. The topological polar surface area (TPSA) is 128 Å². The number of methoxy groups -OCH3 is 1. The second-order valence-electron chi connectivity index (χ2n) is 7.85. The lowest BCUT2D eigenvalue weighted by Crippen LogP contribution is -2.12. The number of anilines is 4. The summed E-state index contributed by atoms with van der Waals surface area (Å²) in [5.41, 5.74) is 3.23. The highest BCUT2D eigenvalue weighted by atomic mass is 16.5. The number of para-hydroxylation sites is 1. The first-order chi connectivity index (χ1) is 16.4. The Morgan fingerprint density at radius 2 is 1.88 bits per heavy atom. The summed E-state index contributed by atoms with van der Waals surface area (Å²) in [7, 11) is 5.04. The van der Waals surface area contributed by atoms with Crippen molar-refractivity contribution in [2.45, 2.75) is 6.92 Å². The first kappa shape index (κ1) is 21.2. The maximum absolute atomic E-state index is 12.9. The number of hydrogen-bond donors (Lipinski definition) is 3. The van der Waals surface area contributed by atoms with Crippen LogP contribution in [0.1, 0.15) is 5.56 Å². The van der Waals surface area contributed by atoms with Crippen LogP contribution in [0, 0.1) is 6.92 Å². The first-order valence-electron chi connectivity index (χ1n) is 10.5. The van der Waals surface area contributed by atoms with Crippen molar-refractivity contribution in [1.29, 1.82) is 0 Å². The average Bonchev–Trinajstić information content (AvgIpc) is 3.38. The summed E-state index contributed by atoms with van der Waals surface area (Å²) in [6, 6.07) is 11.2. The largest absolute Gasteiger partial charge is 0.494 e. The van der Waals surface area contributed by atoms with Gasteiger partial charge in [-0.1, -0.05) is 12.1 Å². The Labute approximate surface area is 194 Å². The Kier molecular flexibility index (Phi) is 5.21. The van der Waals surface area contributed by atoms with Crippen LogP contribution in [0.2, 0.25) is 0 Å². The first-order valence-corrected chi connectivity index (χ1v) is 10.5. The molecular weight excluding hydrogens is 434 g/mol. The zero-order valence-electron chi connectivity index (χ0n) is 19.1. The lowest BCUT2D eigenvalue weighted by Gasteiger charge is -2.15. The summed E-state index contributed by atoms with van der Waals surface area (Å²) in [4.78, 5) is 26.1. The third-order valence-electron chi connectivity index (χ3n) is 5.31. The SMILES string of the molecule is COc1c(Nc2cc(Nc3ccc(C)cn3)nc3[nH]n(C)c(=O)c23)cccc1-c1ncn(C)n1. The van der Waals surface area contributed by atoms with Gasteiger partial charge < -0.3 is 15.4 Å². The van der Waals surface area contributed by atoms with Gasteiger partial charge in [-0.15, -0.1) is 0 Å². The Morgan fingerprint density at radius 1 is 1.03 bits per heavy atom. The van der Waals surface area contributed by atoms with E-state index in [1.807, 2.05) is 37.3 Å². The number of nitrogens with one attached hydrogen (secondary N) is 3. The van der Waals surface area contributed by atoms with Gasteiger partial charge in [0.05, 0.1) is 24.0 Å². The predicted molar refractivity (Wildman–Crippen MR) is 130 cm³/mol. The van der Waals surface area contributed by atoms with Crippen LogP contribution in [-0.2, 0) is 14.1 Å². The normalized spacial score (nSPS) is 11.1. The minimum Gasteiger partial charge on any atom is -0.494 e. The molecule has 0 atom stereocenters. The summed E-state index contributed by atoms with van der Waals surface area (Å²) >= 11 is 0. The fraction of sp³-hybridized carbons (Fsp3) is 0.174. The van der Waals surface area contributed by atoms with Crippen LogP contribution < -0.4 is 20.9 Å². The van der Waals surface area contributed by atoms with Crippen molar-refractivity contribution in [2.75, 3.05) is 17.7 Å². The summed E-state index contributed by atoms with van der Waals surface area (Å²) < 4.78 is 8.73. The fourth-order valence-corrected chi connectivity index (χ4v) is 3.69. The fourth-order valence-electron chi connectivity index (χ4n) is 3.69. The molecule has 11 heteroatoms. The number of hydrogen-bond acceptors (Lipinski definition) is 8. The number of H-pyrrole nitrogens is 1. The van der Waals surface area contributed by atoms with E-state index in [4.69, 9.17) is 4.74 Å². The number of ether oxygens (including phenoxy) is 1. The second-order valence-corrected chi connectivity index (χ2v) is 7.85. The molecule has 11 nitrogen and oxygen atoms in total. The monoisotopic (exact) mass is 457 g/mol. The lowest BCUT2D eigenvalue weighted by atomic mass is 10.1. The lowest BCUT2D eigenvalue weighted by molar-refractivity contribution is 0.418. The molecule has 0 unspecified atom stereocenters. The molecule has 1 aromatic carbocycles. The van der Waals surface area contributed by atoms with E-state index >= 15 is 0 Å². The van der Waals surface area contributed by atoms with E-state index in [1.54, 1.807) is 44.5 Å². The molecule has 0 amide bonds. The number of aromatic amines is 1. The van der Waals surface area contributed by atoms with Gasteiger partial charge in [0.15, 0.2) is 17.2 Å². The van der Waals surface area contributed by atoms with Gasteiger partial charge in [0.1, 0.15) is 23.3 Å². The Morgan fingerprint density at radius 3 is 2.59 bits per heavy atom. The molecule has 0 aliphatic carbocycles. The number of pyridine rings is 2. The van der Waals surface area contributed by atoms with E-state index in [-0.39, 0.29) is 5.56 Å². The maximum Gasteiger partial charge on any atom is 0.277 e. The molecule has 172 valence electrons. The minimum absolute atomic E-state index is 0.202. The summed E-state index contributed by atoms with van der Waals surface area (Å²) in [5.74, 6) is 2.26. The third kappa shape index (κ3) is 3.83. The van der Waals surface area contributed by atoms with Crippen LogP contribution in [0.5, 0.6) is 5.75 Å². The number of aromatic nitrogens is 7. The van der Waals surface area contributed by atoms with E-state index in [1.165, 1.54) is 4.68 Å². The summed E-state index contributed by atoms with van der Waals surface area (Å²) in [5, 5.41) is 14.4. The molecule has 0 saturated heterocycles. The van der Waals surface area contributed by atoms with Crippen LogP contribution >= 0.6 is 0 Å². The van der Waals surface area contributed by atoms with E-state index in [0.29, 0.717) is 45.6 Å². The van der Waals surface area contributed by atoms with Crippen LogP contribution in [0.4, 0.5) is 23.0 Å². The third-order valence-corrected chi connectivity index (χ3v) is 5.31. The van der Waals surface area contributed by atoms with Crippen LogP contribution in [0.25, 0.3) is 22.4 Å². The van der Waals surface area contributed by atoms with Crippen molar-refractivity contribution in [3.63, 3.8) is 0 Å². The molecular formula is C23H23N9O2. The standard InChI is InChI=1S/C23H23N9O2/c1-13-8-9-17(24-11-13)27-18-10-16(19-22(28-18)30-32(3)23(19)33)26-15-7-5-6-14(20(15)34-4)21-25-12-31(2)29-21/h5-12H,1-4H3,(H3,24,26,27,28,30). The second kappa shape index (κ2) is 8.35. The average molecular weight is 457 g/mol. The summed E-state index contributed by atoms with van der Waals surface area (Å²) in [6.07, 6.45) is 3.40. The van der Waals surface area contributed by atoms with Crippen molar-refractivity contribution in [1.82, 2.24) is 34.5 Å². The minimum atomic E-state index is -0.202. The van der Waals surface area contributed by atoms with E-state index in [0.717, 1.165) is 11.1 Å². The van der Waals surface area contributed by atoms with Crippen molar-refractivity contribution >= 4 is 34.0 Å². The van der Waals surface area contributed by atoms with Crippen molar-refractivity contribution in [2.24, 2.45) is 14.1 Å². The molecule has 0 bridgehead atoms. The van der Waals surface area contributed by atoms with Crippen molar-refractivity contribution in [3.8, 4) is 17.1 Å². The van der Waals surface area contributed by atoms with Crippen molar-refractivity contribution in [3.05, 3.63) is 64.8 Å². The molecule has 0 aliphatic rings. The Balaban J connectivity index is 1.61. The quantitative estimate of drug-likeness (QED) is 0.355. The highest BCUT2D eigenvalue weighted by molar-refractivity contribution is 5.94. The number of nitrogens with zero attached hydrogens (tertiary/aromatic N) is 6. The number of fused-ring (bicyclic) bond motifs is 1. The zero-order valence-corrected chi connectivity index (χ0v) is 19.1. The molecule has 4 aromatic heterocycles. The van der Waals surface area contributed by atoms with E-state index < -0.39 is 0 Å². The molecule has 0 saturated carbocycles. The zero-order chi connectivity index (χ0) is 23.8. The smallest absolute Gasteiger partial charge is 0.277 e. The molecule has 5 aromatic rings. The molecule has 0 fully saturated rings. The maximum atomic E-state index is 12.9. The van der Waals surface area contributed by atoms with Gasteiger partial charge in [-0.3, -0.25) is 19.3 Å². The highest BCUT2D eigenvalue weighted by Crippen LogP contribution is 2.37. The van der Waals surface area contributed by atoms with Crippen molar-refractivity contribution < 1.29 is 4.74 Å². The number of aryl methyl sites for hydroxylation is 3. The summed E-state index contributed by atoms with van der Waals surface area (Å²) in [6.45, 7) is 1.97. The molecule has 3 N–H and O–H groups in total. The molecule has 4 heterocycles. The van der Waals surface area contributed by atoms with Gasteiger partial charge in [0, 0.05) is 26.4 Å². The van der Waals surface area contributed by atoms with Gasteiger partial charge in [-0.25, -0.2) is 15.0 Å². The van der Waals surface area contributed by atoms with Crippen LogP contribution in [0.15, 0.2) is 53.7 Å². The van der Waals surface area contributed by atoms with E-state index in [9.17, 15) is 4.79 Å². The molecule has 0 aliphatic heterocycles. The van der Waals surface area contributed by atoms with E-state index in [2.05, 4.69) is 35.8 Å². The number of benzene rings is 1. The van der Waals surface area contributed by atoms with Gasteiger partial charge >= 0.3 is 0 Å². The molecule has 0 radical (unpaired) electrons. The van der Waals surface area contributed by atoms with Gasteiger partial charge in [0.25, 0.3) is 5.56 Å². The Hall–Kier alpha value is -4.67.